The molecule has 0 spiro atoms. The molecule has 2 fully saturated rings. The molecule has 3 heterocycles. The summed E-state index contributed by atoms with van der Waals surface area (Å²) in [6.07, 6.45) is 4.75. The van der Waals surface area contributed by atoms with Crippen molar-refractivity contribution in [1.29, 1.82) is 0 Å². The third-order valence-corrected chi connectivity index (χ3v) is 5.12. The fourth-order valence-corrected chi connectivity index (χ4v) is 3.65. The quantitative estimate of drug-likeness (QED) is 0.688. The Bertz CT molecular complexity index is 660. The molecule has 1 aromatic rings. The lowest BCUT2D eigenvalue weighted by molar-refractivity contribution is -0.664. The normalized spacial score (nSPS) is 21.3. The monoisotopic (exact) mass is 361 g/mol. The van der Waals surface area contributed by atoms with Gasteiger partial charge >= 0.3 is 5.97 Å². The number of carbonyl (C=O) groups is 3. The van der Waals surface area contributed by atoms with E-state index in [-0.39, 0.29) is 24.3 Å². The second kappa shape index (κ2) is 8.27. The van der Waals surface area contributed by atoms with E-state index in [1.54, 1.807) is 28.1 Å². The molecule has 2 N–H and O–H groups in total. The average Bonchev–Trinajstić information content (AvgIpc) is 2.73. The molecule has 0 aromatic carbocycles. The van der Waals surface area contributed by atoms with Gasteiger partial charge in [0.05, 0.1) is 32.3 Å². The first-order chi connectivity index (χ1) is 12.6. The molecule has 0 unspecified atom stereocenters. The largest absolute Gasteiger partial charge is 0.467 e. The molecule has 2 aliphatic heterocycles. The minimum atomic E-state index is -0.757. The predicted molar refractivity (Wildman–Crippen MR) is 92.0 cm³/mol. The van der Waals surface area contributed by atoms with Crippen molar-refractivity contribution in [2.45, 2.75) is 18.9 Å². The molecular formula is C18H25N4O4+. The first-order valence-corrected chi connectivity index (χ1v) is 9.01. The van der Waals surface area contributed by atoms with Crippen molar-refractivity contribution >= 4 is 17.8 Å². The number of quaternary nitrogens is 1. The summed E-state index contributed by atoms with van der Waals surface area (Å²) in [5.74, 6) is -0.717. The van der Waals surface area contributed by atoms with E-state index < -0.39 is 12.0 Å². The molecular weight excluding hydrogens is 336 g/mol. The van der Waals surface area contributed by atoms with Crippen LogP contribution in [0.1, 0.15) is 23.2 Å². The average molecular weight is 361 g/mol. The lowest BCUT2D eigenvalue weighted by atomic mass is 9.95. The summed E-state index contributed by atoms with van der Waals surface area (Å²) >= 11 is 0. The van der Waals surface area contributed by atoms with E-state index in [0.717, 1.165) is 25.9 Å². The number of methoxy groups -OCH3 is 1. The van der Waals surface area contributed by atoms with Crippen LogP contribution in [0, 0.1) is 5.92 Å². The number of piperazine rings is 1. The Morgan fingerprint density at radius 1 is 1.23 bits per heavy atom. The summed E-state index contributed by atoms with van der Waals surface area (Å²) in [6, 6.07) is 2.64. The van der Waals surface area contributed by atoms with Crippen LogP contribution in [0.4, 0.5) is 0 Å². The van der Waals surface area contributed by atoms with Gasteiger partial charge in [0.15, 0.2) is 0 Å². The molecule has 140 valence electrons. The molecule has 0 saturated carbocycles. The summed E-state index contributed by atoms with van der Waals surface area (Å²) in [7, 11) is 1.31. The van der Waals surface area contributed by atoms with Gasteiger partial charge in [-0.1, -0.05) is 0 Å². The first kappa shape index (κ1) is 18.3. The number of pyridine rings is 1. The Hall–Kier alpha value is -2.48. The highest BCUT2D eigenvalue weighted by molar-refractivity contribution is 5.95. The summed E-state index contributed by atoms with van der Waals surface area (Å²) in [5.41, 5.74) is 0.471. The number of aromatic nitrogens is 1. The van der Waals surface area contributed by atoms with Crippen LogP contribution < -0.4 is 5.32 Å². The summed E-state index contributed by atoms with van der Waals surface area (Å²) < 4.78 is 4.90. The van der Waals surface area contributed by atoms with Gasteiger partial charge in [0.1, 0.15) is 6.04 Å². The maximum Gasteiger partial charge on any atom is 0.330 e. The number of nitrogens with two attached hydrogens (primary N) is 1. The topological polar surface area (TPSA) is 96.4 Å². The SMILES string of the molecule is COC(=O)[C@H]1CN(C(=O)c2cccnc2)CCN1C(=O)C1CC[NH2+]CC1. The van der Waals surface area contributed by atoms with Gasteiger partial charge < -0.3 is 19.9 Å². The highest BCUT2D eigenvalue weighted by Gasteiger charge is 2.40. The zero-order valence-electron chi connectivity index (χ0n) is 15.0. The Labute approximate surface area is 152 Å². The van der Waals surface area contributed by atoms with Crippen molar-refractivity contribution in [3.63, 3.8) is 0 Å². The van der Waals surface area contributed by atoms with Crippen LogP contribution in [0.3, 0.4) is 0 Å². The van der Waals surface area contributed by atoms with E-state index in [4.69, 9.17) is 4.74 Å². The van der Waals surface area contributed by atoms with Crippen molar-refractivity contribution in [1.82, 2.24) is 14.8 Å². The predicted octanol–water partition coefficient (Wildman–Crippen LogP) is -1.12. The fraction of sp³-hybridized carbons (Fsp3) is 0.556. The lowest BCUT2D eigenvalue weighted by Crippen LogP contribution is -2.86. The first-order valence-electron chi connectivity index (χ1n) is 9.01. The van der Waals surface area contributed by atoms with Gasteiger partial charge in [0.25, 0.3) is 5.91 Å². The number of amides is 2. The van der Waals surface area contributed by atoms with E-state index in [9.17, 15) is 14.4 Å². The molecule has 0 bridgehead atoms. The number of hydrogen-bond acceptors (Lipinski definition) is 5. The van der Waals surface area contributed by atoms with Gasteiger partial charge in [0, 0.05) is 44.2 Å². The van der Waals surface area contributed by atoms with Gasteiger partial charge in [0.2, 0.25) is 5.91 Å². The molecule has 8 heteroatoms. The second-order valence-corrected chi connectivity index (χ2v) is 6.70. The van der Waals surface area contributed by atoms with Gasteiger partial charge in [-0.3, -0.25) is 14.6 Å². The maximum atomic E-state index is 12.9. The second-order valence-electron chi connectivity index (χ2n) is 6.70. The van der Waals surface area contributed by atoms with Crippen molar-refractivity contribution < 1.29 is 24.4 Å². The molecule has 0 aliphatic carbocycles. The Balaban J connectivity index is 1.74. The number of esters is 1. The third-order valence-electron chi connectivity index (χ3n) is 5.12. The minimum Gasteiger partial charge on any atom is -0.467 e. The van der Waals surface area contributed by atoms with E-state index in [2.05, 4.69) is 10.3 Å². The van der Waals surface area contributed by atoms with Crippen LogP contribution >= 0.6 is 0 Å². The van der Waals surface area contributed by atoms with Gasteiger partial charge in [-0.25, -0.2) is 4.79 Å². The summed E-state index contributed by atoms with van der Waals surface area (Å²) in [6.45, 7) is 2.74. The molecule has 26 heavy (non-hydrogen) atoms. The molecule has 1 atom stereocenters. The summed E-state index contributed by atoms with van der Waals surface area (Å²) in [5, 5.41) is 2.20. The number of piperidine rings is 1. The van der Waals surface area contributed by atoms with Crippen molar-refractivity contribution in [2.75, 3.05) is 39.8 Å². The molecule has 0 radical (unpaired) electrons. The highest BCUT2D eigenvalue weighted by Crippen LogP contribution is 2.20. The fourth-order valence-electron chi connectivity index (χ4n) is 3.65. The van der Waals surface area contributed by atoms with Gasteiger partial charge in [-0.2, -0.15) is 0 Å². The number of nitrogens with zero attached hydrogens (tertiary/aromatic N) is 3. The van der Waals surface area contributed by atoms with E-state index in [1.807, 2.05) is 0 Å². The molecule has 1 aromatic heterocycles. The van der Waals surface area contributed by atoms with Crippen LogP contribution in [-0.4, -0.2) is 78.4 Å². The molecule has 2 aliphatic rings. The number of hydrogen-bond donors (Lipinski definition) is 1. The molecule has 2 amide bonds. The number of ether oxygens (including phenoxy) is 1. The molecule has 8 nitrogen and oxygen atoms in total. The van der Waals surface area contributed by atoms with Crippen LogP contribution in [0.15, 0.2) is 24.5 Å². The van der Waals surface area contributed by atoms with Gasteiger partial charge in [-0.15, -0.1) is 0 Å². The summed E-state index contributed by atoms with van der Waals surface area (Å²) in [4.78, 5) is 45.0. The Morgan fingerprint density at radius 3 is 2.65 bits per heavy atom. The molecule has 3 rings (SSSR count). The highest BCUT2D eigenvalue weighted by atomic mass is 16.5. The zero-order valence-corrected chi connectivity index (χ0v) is 15.0. The van der Waals surface area contributed by atoms with Crippen LogP contribution in [-0.2, 0) is 14.3 Å². The van der Waals surface area contributed by atoms with Crippen LogP contribution in [0.25, 0.3) is 0 Å². The van der Waals surface area contributed by atoms with Crippen molar-refractivity contribution in [2.24, 2.45) is 5.92 Å². The molecule has 2 saturated heterocycles. The Kier molecular flexibility index (Phi) is 5.82. The Morgan fingerprint density at radius 2 is 2.00 bits per heavy atom. The van der Waals surface area contributed by atoms with Gasteiger partial charge in [-0.05, 0) is 12.1 Å². The standard InChI is InChI=1S/C18H24N4O4/c1-26-18(25)15-12-21(16(23)14-3-2-6-20-11-14)9-10-22(15)17(24)13-4-7-19-8-5-13/h2-3,6,11,13,15,19H,4-5,7-10,12H2,1H3/p+1/t15-/m1/s1. The van der Waals surface area contributed by atoms with E-state index in [0.29, 0.717) is 18.7 Å². The lowest BCUT2D eigenvalue weighted by Gasteiger charge is -2.41. The zero-order chi connectivity index (χ0) is 18.5. The van der Waals surface area contributed by atoms with Crippen molar-refractivity contribution in [3.8, 4) is 0 Å². The maximum absolute atomic E-state index is 12.9. The smallest absolute Gasteiger partial charge is 0.330 e. The van der Waals surface area contributed by atoms with Crippen LogP contribution in [0.2, 0.25) is 0 Å². The van der Waals surface area contributed by atoms with E-state index >= 15 is 0 Å². The number of carbonyl (C=O) groups excluding carboxylic acids is 3. The minimum absolute atomic E-state index is 0.00183. The van der Waals surface area contributed by atoms with E-state index in [1.165, 1.54) is 13.3 Å². The van der Waals surface area contributed by atoms with Crippen molar-refractivity contribution in [3.05, 3.63) is 30.1 Å². The van der Waals surface area contributed by atoms with Crippen LogP contribution in [0.5, 0.6) is 0 Å². The third kappa shape index (κ3) is 3.85. The number of rotatable bonds is 3.